The smallest absolute Gasteiger partial charge is 0.220 e. The van der Waals surface area contributed by atoms with Crippen molar-refractivity contribution in [1.29, 1.82) is 0 Å². The molecule has 418 valence electrons. The fourth-order valence-electron chi connectivity index (χ4n) is 9.60. The van der Waals surface area contributed by atoms with Gasteiger partial charge in [-0.3, -0.25) is 4.79 Å². The lowest BCUT2D eigenvalue weighted by molar-refractivity contribution is -0.123. The molecule has 4 nitrogen and oxygen atoms in total. The number of unbranched alkanes of at least 4 members (excludes halogenated alkanes) is 39. The first-order valence-electron chi connectivity index (χ1n) is 31.8. The van der Waals surface area contributed by atoms with Crippen LogP contribution in [0.25, 0.3) is 0 Å². The summed E-state index contributed by atoms with van der Waals surface area (Å²) in [5.41, 5.74) is 0. The molecule has 0 aliphatic heterocycles. The van der Waals surface area contributed by atoms with Crippen molar-refractivity contribution in [2.75, 3.05) is 6.61 Å². The third-order valence-corrected chi connectivity index (χ3v) is 14.4. The highest BCUT2D eigenvalue weighted by molar-refractivity contribution is 5.76. The SMILES string of the molecule is CC/C=C\C/C=C\C/C=C\C/C=C\C/C=C\C/C=C\CCCCCCCCCCCCCCCCCCCCCCCCC(=O)NC(CO)C(O)/C=C/CCCCCCCCCCCCCCCCCCC. The van der Waals surface area contributed by atoms with E-state index in [0.717, 1.165) is 64.2 Å². The quantitative estimate of drug-likeness (QED) is 0.0420. The maximum atomic E-state index is 12.5. The molecule has 1 amide bonds. The third-order valence-electron chi connectivity index (χ3n) is 14.4. The number of nitrogens with one attached hydrogen (secondary N) is 1. The van der Waals surface area contributed by atoms with Crippen LogP contribution in [0, 0.1) is 0 Å². The van der Waals surface area contributed by atoms with Crippen LogP contribution in [0.1, 0.15) is 322 Å². The molecule has 2 unspecified atom stereocenters. The standard InChI is InChI=1S/C68H123NO3/c1-3-5-7-9-11-13-15-17-19-21-23-24-25-26-27-28-29-30-31-32-33-34-35-36-37-38-39-40-41-42-43-44-46-48-50-52-54-56-58-60-62-64-68(72)69-66(65-70)67(71)63-61-59-57-55-53-51-49-47-45-22-20-18-16-14-12-10-8-6-4-2/h5,7,11,13,17,19,23-24,26-27,29-30,61,63,66-67,70-71H,3-4,6,8-10,12,14-16,18,20-22,25,28,31-60,62,64-65H2,1-2H3,(H,69,72)/b7-5-,13-11-,19-17-,24-23-,27-26-,30-29-,63-61+. The number of carbonyl (C=O) groups excluding carboxylic acids is 1. The van der Waals surface area contributed by atoms with E-state index in [9.17, 15) is 15.0 Å². The zero-order valence-electron chi connectivity index (χ0n) is 48.2. The fraction of sp³-hybridized carbons (Fsp3) is 0.779. The van der Waals surface area contributed by atoms with Gasteiger partial charge in [-0.15, -0.1) is 0 Å². The second-order valence-electron chi connectivity index (χ2n) is 21.5. The highest BCUT2D eigenvalue weighted by Gasteiger charge is 2.18. The molecule has 2 atom stereocenters. The molecule has 72 heavy (non-hydrogen) atoms. The van der Waals surface area contributed by atoms with Gasteiger partial charge in [-0.2, -0.15) is 0 Å². The summed E-state index contributed by atoms with van der Waals surface area (Å²) in [4.78, 5) is 12.5. The van der Waals surface area contributed by atoms with Crippen LogP contribution in [-0.4, -0.2) is 34.9 Å². The van der Waals surface area contributed by atoms with E-state index in [1.54, 1.807) is 6.08 Å². The second-order valence-corrected chi connectivity index (χ2v) is 21.5. The van der Waals surface area contributed by atoms with Crippen LogP contribution in [-0.2, 0) is 4.79 Å². The highest BCUT2D eigenvalue weighted by atomic mass is 16.3. The van der Waals surface area contributed by atoms with Crippen molar-refractivity contribution in [1.82, 2.24) is 5.32 Å². The molecule has 0 aromatic heterocycles. The van der Waals surface area contributed by atoms with Gasteiger partial charge in [-0.25, -0.2) is 0 Å². The number of rotatable bonds is 58. The van der Waals surface area contributed by atoms with Gasteiger partial charge in [0, 0.05) is 6.42 Å². The van der Waals surface area contributed by atoms with Crippen LogP contribution >= 0.6 is 0 Å². The van der Waals surface area contributed by atoms with Crippen molar-refractivity contribution in [2.24, 2.45) is 0 Å². The molecule has 0 fully saturated rings. The maximum Gasteiger partial charge on any atom is 0.220 e. The number of aliphatic hydroxyl groups excluding tert-OH is 2. The van der Waals surface area contributed by atoms with E-state index in [1.165, 1.54) is 238 Å². The van der Waals surface area contributed by atoms with Crippen LogP contribution in [0.4, 0.5) is 0 Å². The molecular formula is C68H123NO3. The molecule has 0 aliphatic carbocycles. The monoisotopic (exact) mass is 1000 g/mol. The van der Waals surface area contributed by atoms with Crippen molar-refractivity contribution >= 4 is 5.91 Å². The molecule has 0 bridgehead atoms. The van der Waals surface area contributed by atoms with Crippen molar-refractivity contribution in [3.05, 3.63) is 85.1 Å². The first-order valence-corrected chi connectivity index (χ1v) is 31.8. The minimum Gasteiger partial charge on any atom is -0.394 e. The van der Waals surface area contributed by atoms with Gasteiger partial charge in [-0.05, 0) is 70.6 Å². The summed E-state index contributed by atoms with van der Waals surface area (Å²) in [7, 11) is 0. The van der Waals surface area contributed by atoms with Gasteiger partial charge in [-0.1, -0.05) is 330 Å². The molecule has 0 aromatic rings. The van der Waals surface area contributed by atoms with Crippen LogP contribution < -0.4 is 5.32 Å². The van der Waals surface area contributed by atoms with Crippen molar-refractivity contribution in [3.63, 3.8) is 0 Å². The molecule has 4 heteroatoms. The van der Waals surface area contributed by atoms with Gasteiger partial charge in [0.05, 0.1) is 18.8 Å². The van der Waals surface area contributed by atoms with Crippen molar-refractivity contribution in [2.45, 2.75) is 334 Å². The summed E-state index contributed by atoms with van der Waals surface area (Å²) < 4.78 is 0. The Morgan fingerprint density at radius 1 is 0.347 bits per heavy atom. The molecule has 0 aromatic carbocycles. The molecule has 0 saturated carbocycles. The van der Waals surface area contributed by atoms with Gasteiger partial charge in [0.2, 0.25) is 5.91 Å². The molecule has 0 rings (SSSR count). The lowest BCUT2D eigenvalue weighted by Crippen LogP contribution is -2.45. The lowest BCUT2D eigenvalue weighted by Gasteiger charge is -2.20. The van der Waals surface area contributed by atoms with E-state index >= 15 is 0 Å². The van der Waals surface area contributed by atoms with Crippen molar-refractivity contribution < 1.29 is 15.0 Å². The summed E-state index contributed by atoms with van der Waals surface area (Å²) in [5.74, 6) is -0.0598. The average Bonchev–Trinajstić information content (AvgIpc) is 3.39. The Kier molecular flexibility index (Phi) is 60.7. The first kappa shape index (κ1) is 69.6. The largest absolute Gasteiger partial charge is 0.394 e. The topological polar surface area (TPSA) is 69.6 Å². The van der Waals surface area contributed by atoms with Crippen molar-refractivity contribution in [3.8, 4) is 0 Å². The minimum atomic E-state index is -0.841. The van der Waals surface area contributed by atoms with Gasteiger partial charge in [0.25, 0.3) is 0 Å². The van der Waals surface area contributed by atoms with Crippen LogP contribution in [0.15, 0.2) is 85.1 Å². The maximum absolute atomic E-state index is 12.5. The molecule has 3 N–H and O–H groups in total. The first-order chi connectivity index (χ1) is 35.7. The second kappa shape index (κ2) is 62.9. The van der Waals surface area contributed by atoms with Crippen LogP contribution in [0.3, 0.4) is 0 Å². The van der Waals surface area contributed by atoms with E-state index in [1.807, 2.05) is 6.08 Å². The predicted molar refractivity (Wildman–Crippen MR) is 322 cm³/mol. The number of hydrogen-bond acceptors (Lipinski definition) is 3. The zero-order chi connectivity index (χ0) is 52.0. The summed E-state index contributed by atoms with van der Waals surface area (Å²) in [6.45, 7) is 4.22. The van der Waals surface area contributed by atoms with E-state index in [-0.39, 0.29) is 12.5 Å². The number of aliphatic hydroxyl groups is 2. The van der Waals surface area contributed by atoms with E-state index in [4.69, 9.17) is 0 Å². The van der Waals surface area contributed by atoms with Gasteiger partial charge < -0.3 is 15.5 Å². The summed E-state index contributed by atoms with van der Waals surface area (Å²) >= 11 is 0. The summed E-state index contributed by atoms with van der Waals surface area (Å²) in [6, 6.07) is -0.624. The Hall–Kier alpha value is -2.43. The Morgan fingerprint density at radius 2 is 0.611 bits per heavy atom. The molecule has 0 heterocycles. The fourth-order valence-corrected chi connectivity index (χ4v) is 9.60. The molecule has 0 aliphatic rings. The summed E-state index contributed by atoms with van der Waals surface area (Å²) in [5, 5.41) is 23.2. The molecule has 0 saturated heterocycles. The van der Waals surface area contributed by atoms with E-state index in [2.05, 4.69) is 92.1 Å². The highest BCUT2D eigenvalue weighted by Crippen LogP contribution is 2.18. The number of carbonyl (C=O) groups is 1. The van der Waals surface area contributed by atoms with Crippen LogP contribution in [0.5, 0.6) is 0 Å². The Balaban J connectivity index is 3.44. The van der Waals surface area contributed by atoms with Crippen LogP contribution in [0.2, 0.25) is 0 Å². The number of hydrogen-bond donors (Lipinski definition) is 3. The van der Waals surface area contributed by atoms with Gasteiger partial charge in [0.15, 0.2) is 0 Å². The molecular weight excluding hydrogens is 879 g/mol. The average molecular weight is 1000 g/mol. The number of amides is 1. The Morgan fingerprint density at radius 3 is 0.917 bits per heavy atom. The number of allylic oxidation sites excluding steroid dienone is 13. The van der Waals surface area contributed by atoms with E-state index in [0.29, 0.717) is 6.42 Å². The summed E-state index contributed by atoms with van der Waals surface area (Å²) in [6.07, 6.45) is 92.1. The molecule has 0 spiro atoms. The third kappa shape index (κ3) is 58.5. The molecule has 0 radical (unpaired) electrons. The van der Waals surface area contributed by atoms with Gasteiger partial charge >= 0.3 is 0 Å². The Bertz CT molecular complexity index is 1270. The van der Waals surface area contributed by atoms with E-state index < -0.39 is 12.1 Å². The normalized spacial score (nSPS) is 13.3. The predicted octanol–water partition coefficient (Wildman–Crippen LogP) is 21.5. The zero-order valence-corrected chi connectivity index (χ0v) is 48.2. The minimum absolute atomic E-state index is 0.0598. The Labute approximate surface area is 450 Å². The van der Waals surface area contributed by atoms with Gasteiger partial charge in [0.1, 0.15) is 0 Å². The lowest BCUT2D eigenvalue weighted by atomic mass is 10.0.